The van der Waals surface area contributed by atoms with E-state index in [1.807, 2.05) is 29.3 Å². The summed E-state index contributed by atoms with van der Waals surface area (Å²) in [5.41, 5.74) is 5.25. The zero-order chi connectivity index (χ0) is 21.2. The van der Waals surface area contributed by atoms with Gasteiger partial charge in [0.15, 0.2) is 12.2 Å². The van der Waals surface area contributed by atoms with Crippen molar-refractivity contribution in [1.82, 2.24) is 14.7 Å². The van der Waals surface area contributed by atoms with Crippen LogP contribution < -0.4 is 4.90 Å². The van der Waals surface area contributed by atoms with Gasteiger partial charge < -0.3 is 4.90 Å². The summed E-state index contributed by atoms with van der Waals surface area (Å²) >= 11 is 0. The predicted molar refractivity (Wildman–Crippen MR) is 116 cm³/mol. The topological polar surface area (TPSA) is 59.5 Å². The number of hydrogen-bond donors (Lipinski definition) is 0. The van der Waals surface area contributed by atoms with Crippen LogP contribution in [0.3, 0.4) is 0 Å². The van der Waals surface area contributed by atoms with Gasteiger partial charge in [0.05, 0.1) is 11.4 Å². The Balaban J connectivity index is 1.69. The van der Waals surface area contributed by atoms with E-state index in [1.165, 1.54) is 16.8 Å². The first-order valence-electron chi connectivity index (χ1n) is 9.93. The summed E-state index contributed by atoms with van der Waals surface area (Å²) in [7, 11) is 3.22. The molecule has 7 nitrogen and oxygen atoms in total. The van der Waals surface area contributed by atoms with Crippen LogP contribution in [0.2, 0.25) is 0 Å². The zero-order valence-electron chi connectivity index (χ0n) is 17.4. The molecule has 5 rings (SSSR count). The molecule has 152 valence electrons. The van der Waals surface area contributed by atoms with Gasteiger partial charge in [-0.1, -0.05) is 42.5 Å². The number of guanidine groups is 1. The number of fused-ring (bicyclic) bond motifs is 3. The number of carbonyl (C=O) groups is 2. The quantitative estimate of drug-likeness (QED) is 0.776. The van der Waals surface area contributed by atoms with E-state index in [0.29, 0.717) is 5.96 Å². The first-order valence-corrected chi connectivity index (χ1v) is 9.93. The number of aryl methyl sites for hydroxylation is 2. The fourth-order valence-electron chi connectivity index (χ4n) is 4.33. The smallest absolute Gasteiger partial charge is 0.302 e. The molecule has 0 N–H and O–H groups in total. The van der Waals surface area contributed by atoms with Crippen LogP contribution >= 0.6 is 0 Å². The first-order chi connectivity index (χ1) is 14.4. The standard InChI is InChI=1S/C23H23N5O2/c1-14-10-11-15(2)17(12-14)28-18(16-8-6-5-7-9-16)13-27-19-20(24-22(27)28)25(3)23(30)26(4)21(19)29/h5-13,19-20H,1-4H3. The Hall–Kier alpha value is -3.61. The van der Waals surface area contributed by atoms with Crippen molar-refractivity contribution < 1.29 is 9.59 Å². The van der Waals surface area contributed by atoms with Gasteiger partial charge in [0.1, 0.15) is 0 Å². The minimum Gasteiger partial charge on any atom is -0.302 e. The lowest BCUT2D eigenvalue weighted by atomic mass is 10.1. The normalized spacial score (nSPS) is 22.9. The lowest BCUT2D eigenvalue weighted by Gasteiger charge is -2.38. The number of likely N-dealkylation sites (N-methyl/N-ethyl adjacent to an activating group) is 2. The number of urea groups is 1. The van der Waals surface area contributed by atoms with Gasteiger partial charge in [0, 0.05) is 25.9 Å². The second-order valence-corrected chi connectivity index (χ2v) is 7.99. The third-order valence-corrected chi connectivity index (χ3v) is 6.01. The summed E-state index contributed by atoms with van der Waals surface area (Å²) < 4.78 is 0. The van der Waals surface area contributed by atoms with E-state index < -0.39 is 12.2 Å². The number of amides is 3. The molecule has 3 heterocycles. The van der Waals surface area contributed by atoms with Gasteiger partial charge in [-0.15, -0.1) is 0 Å². The molecule has 1 fully saturated rings. The van der Waals surface area contributed by atoms with Crippen molar-refractivity contribution in [3.8, 4) is 0 Å². The Labute approximate surface area is 175 Å². The summed E-state index contributed by atoms with van der Waals surface area (Å²) in [5.74, 6) is 0.425. The third kappa shape index (κ3) is 2.48. The van der Waals surface area contributed by atoms with E-state index in [0.717, 1.165) is 28.1 Å². The maximum Gasteiger partial charge on any atom is 0.328 e. The highest BCUT2D eigenvalue weighted by molar-refractivity contribution is 6.16. The van der Waals surface area contributed by atoms with E-state index >= 15 is 0 Å². The van der Waals surface area contributed by atoms with E-state index in [4.69, 9.17) is 4.99 Å². The van der Waals surface area contributed by atoms with Crippen LogP contribution in [0.5, 0.6) is 0 Å². The molecule has 1 saturated heterocycles. The van der Waals surface area contributed by atoms with Gasteiger partial charge in [-0.05, 0) is 31.0 Å². The number of hydrogen-bond acceptors (Lipinski definition) is 5. The van der Waals surface area contributed by atoms with Crippen LogP contribution in [0.4, 0.5) is 10.5 Å². The number of nitrogens with zero attached hydrogens (tertiary/aromatic N) is 5. The summed E-state index contributed by atoms with van der Waals surface area (Å²) in [5, 5.41) is 0. The van der Waals surface area contributed by atoms with Crippen LogP contribution in [0.25, 0.3) is 5.70 Å². The molecule has 0 radical (unpaired) electrons. The lowest BCUT2D eigenvalue weighted by molar-refractivity contribution is -0.135. The van der Waals surface area contributed by atoms with Crippen molar-refractivity contribution >= 4 is 29.3 Å². The lowest BCUT2D eigenvalue weighted by Crippen LogP contribution is -2.63. The van der Waals surface area contributed by atoms with Gasteiger partial charge in [0.2, 0.25) is 5.96 Å². The van der Waals surface area contributed by atoms with Crippen molar-refractivity contribution in [2.24, 2.45) is 4.99 Å². The van der Waals surface area contributed by atoms with E-state index in [-0.39, 0.29) is 11.9 Å². The Kier molecular flexibility index (Phi) is 3.96. The second kappa shape index (κ2) is 6.45. The van der Waals surface area contributed by atoms with Crippen molar-refractivity contribution in [2.45, 2.75) is 26.1 Å². The average Bonchev–Trinajstić information content (AvgIpc) is 3.29. The summed E-state index contributed by atoms with van der Waals surface area (Å²) in [6, 6.07) is 15.5. The van der Waals surface area contributed by atoms with Crippen LogP contribution in [0.1, 0.15) is 16.7 Å². The number of rotatable bonds is 2. The molecule has 2 aromatic carbocycles. The maximum atomic E-state index is 13.0. The highest BCUT2D eigenvalue weighted by Gasteiger charge is 2.54. The number of anilines is 1. The van der Waals surface area contributed by atoms with E-state index in [1.54, 1.807) is 7.05 Å². The van der Waals surface area contributed by atoms with Crippen LogP contribution in [-0.2, 0) is 4.79 Å². The fourth-order valence-corrected chi connectivity index (χ4v) is 4.33. The molecule has 7 heteroatoms. The highest BCUT2D eigenvalue weighted by Crippen LogP contribution is 2.40. The molecule has 2 unspecified atom stereocenters. The fraction of sp³-hybridized carbons (Fsp3) is 0.261. The SMILES string of the molecule is Cc1ccc(C)c(N2C(c3ccccc3)=CN3C2=NC2C3C(=O)N(C)C(=O)N2C)c1. The van der Waals surface area contributed by atoms with Crippen molar-refractivity contribution in [1.29, 1.82) is 0 Å². The van der Waals surface area contributed by atoms with Gasteiger partial charge in [0.25, 0.3) is 5.91 Å². The monoisotopic (exact) mass is 401 g/mol. The van der Waals surface area contributed by atoms with Crippen LogP contribution in [0.15, 0.2) is 59.7 Å². The summed E-state index contributed by atoms with van der Waals surface area (Å²) in [4.78, 5) is 37.1. The molecule has 30 heavy (non-hydrogen) atoms. The third-order valence-electron chi connectivity index (χ3n) is 6.01. The molecule has 3 aliphatic rings. The Morgan fingerprint density at radius 1 is 0.967 bits per heavy atom. The molecule has 0 spiro atoms. The minimum atomic E-state index is -0.568. The number of carbonyl (C=O) groups excluding carboxylic acids is 2. The number of benzene rings is 2. The van der Waals surface area contributed by atoms with Gasteiger partial charge in [-0.2, -0.15) is 0 Å². The molecular weight excluding hydrogens is 378 g/mol. The average molecular weight is 401 g/mol. The molecule has 0 saturated carbocycles. The molecule has 2 atom stereocenters. The van der Waals surface area contributed by atoms with Crippen molar-refractivity contribution in [3.63, 3.8) is 0 Å². The molecular formula is C23H23N5O2. The second-order valence-electron chi connectivity index (χ2n) is 7.99. The number of imide groups is 1. The summed E-state index contributed by atoms with van der Waals surface area (Å²) in [6.07, 6.45) is 1.44. The van der Waals surface area contributed by atoms with Crippen LogP contribution in [-0.4, -0.2) is 58.9 Å². The molecule has 0 aromatic heterocycles. The molecule has 3 amide bonds. The first kappa shape index (κ1) is 18.4. The van der Waals surface area contributed by atoms with Gasteiger partial charge in [-0.3, -0.25) is 19.5 Å². The molecule has 3 aliphatic heterocycles. The Morgan fingerprint density at radius 2 is 1.70 bits per heavy atom. The number of aliphatic imine (C=N–C) groups is 1. The minimum absolute atomic E-state index is 0.242. The maximum absolute atomic E-state index is 13.0. The van der Waals surface area contributed by atoms with E-state index in [2.05, 4.69) is 49.1 Å². The van der Waals surface area contributed by atoms with Gasteiger partial charge in [-0.25, -0.2) is 9.79 Å². The largest absolute Gasteiger partial charge is 0.328 e. The molecule has 0 aliphatic carbocycles. The molecule has 0 bridgehead atoms. The van der Waals surface area contributed by atoms with Crippen molar-refractivity contribution in [2.75, 3.05) is 19.0 Å². The predicted octanol–water partition coefficient (Wildman–Crippen LogP) is 3.01. The zero-order valence-corrected chi connectivity index (χ0v) is 17.4. The summed E-state index contributed by atoms with van der Waals surface area (Å²) in [6.45, 7) is 4.13. The Morgan fingerprint density at radius 3 is 2.43 bits per heavy atom. The van der Waals surface area contributed by atoms with Crippen LogP contribution in [0, 0.1) is 13.8 Å². The van der Waals surface area contributed by atoms with Crippen molar-refractivity contribution in [3.05, 3.63) is 71.4 Å². The van der Waals surface area contributed by atoms with E-state index in [9.17, 15) is 9.59 Å². The Bertz CT molecular complexity index is 1120. The van der Waals surface area contributed by atoms with Gasteiger partial charge >= 0.3 is 6.03 Å². The molecule has 2 aromatic rings. The highest BCUT2D eigenvalue weighted by atomic mass is 16.2.